The second-order valence-electron chi connectivity index (χ2n) is 4.44. The standard InChI is InChI=1S/C14H20O2S2/c1-16-12-5-2-11(3-6-12)4-7-13(15)14-10-17-8-9-18-14/h2-3,5-6,13-15H,4,7-10H2,1H3. The lowest BCUT2D eigenvalue weighted by molar-refractivity contribution is 0.167. The molecule has 2 unspecified atom stereocenters. The summed E-state index contributed by atoms with van der Waals surface area (Å²) in [7, 11) is 1.68. The third kappa shape index (κ3) is 4.11. The van der Waals surface area contributed by atoms with Crippen molar-refractivity contribution in [3.63, 3.8) is 0 Å². The first kappa shape index (κ1) is 14.1. The van der Waals surface area contributed by atoms with Crippen LogP contribution in [-0.2, 0) is 6.42 Å². The minimum absolute atomic E-state index is 0.176. The Morgan fingerprint density at radius 2 is 2.11 bits per heavy atom. The van der Waals surface area contributed by atoms with Gasteiger partial charge in [-0.1, -0.05) is 12.1 Å². The average Bonchev–Trinajstić information content (AvgIpc) is 2.46. The summed E-state index contributed by atoms with van der Waals surface area (Å²) >= 11 is 3.88. The van der Waals surface area contributed by atoms with Gasteiger partial charge < -0.3 is 9.84 Å². The predicted octanol–water partition coefficient (Wildman–Crippen LogP) is 2.84. The lowest BCUT2D eigenvalue weighted by Crippen LogP contribution is -2.29. The fraction of sp³-hybridized carbons (Fsp3) is 0.571. The van der Waals surface area contributed by atoms with Crippen molar-refractivity contribution in [3.05, 3.63) is 29.8 Å². The first-order valence-electron chi connectivity index (χ1n) is 6.30. The van der Waals surface area contributed by atoms with Crippen molar-refractivity contribution in [2.24, 2.45) is 0 Å². The largest absolute Gasteiger partial charge is 0.497 e. The molecule has 0 aromatic heterocycles. The monoisotopic (exact) mass is 284 g/mol. The third-order valence-electron chi connectivity index (χ3n) is 3.16. The smallest absolute Gasteiger partial charge is 0.118 e. The lowest BCUT2D eigenvalue weighted by Gasteiger charge is -2.25. The molecule has 1 aliphatic rings. The van der Waals surface area contributed by atoms with Crippen LogP contribution in [0.3, 0.4) is 0 Å². The van der Waals surface area contributed by atoms with Crippen molar-refractivity contribution in [2.75, 3.05) is 24.4 Å². The molecular weight excluding hydrogens is 264 g/mol. The van der Waals surface area contributed by atoms with Gasteiger partial charge in [0.1, 0.15) is 5.75 Å². The molecule has 0 spiro atoms. The molecule has 1 fully saturated rings. The highest BCUT2D eigenvalue weighted by atomic mass is 32.2. The molecule has 1 saturated heterocycles. The first-order valence-corrected chi connectivity index (χ1v) is 8.50. The van der Waals surface area contributed by atoms with Crippen LogP contribution < -0.4 is 4.74 Å². The molecule has 1 aromatic carbocycles. The topological polar surface area (TPSA) is 29.5 Å². The molecular formula is C14H20O2S2. The van der Waals surface area contributed by atoms with Gasteiger partial charge in [0.2, 0.25) is 0 Å². The number of methoxy groups -OCH3 is 1. The van der Waals surface area contributed by atoms with Crippen LogP contribution in [0.2, 0.25) is 0 Å². The summed E-state index contributed by atoms with van der Waals surface area (Å²) in [6.07, 6.45) is 1.61. The van der Waals surface area contributed by atoms with Gasteiger partial charge in [-0.05, 0) is 30.5 Å². The zero-order valence-corrected chi connectivity index (χ0v) is 12.3. The van der Waals surface area contributed by atoms with Crippen LogP contribution in [0.15, 0.2) is 24.3 Å². The second-order valence-corrected chi connectivity index (χ2v) is 6.94. The van der Waals surface area contributed by atoms with Gasteiger partial charge in [-0.25, -0.2) is 0 Å². The lowest BCUT2D eigenvalue weighted by atomic mass is 10.1. The quantitative estimate of drug-likeness (QED) is 0.900. The third-order valence-corrected chi connectivity index (χ3v) is 6.06. The van der Waals surface area contributed by atoms with Crippen LogP contribution in [0.5, 0.6) is 5.75 Å². The minimum Gasteiger partial charge on any atom is -0.497 e. The van der Waals surface area contributed by atoms with E-state index in [-0.39, 0.29) is 6.10 Å². The van der Waals surface area contributed by atoms with E-state index < -0.39 is 0 Å². The van der Waals surface area contributed by atoms with Crippen molar-refractivity contribution in [1.82, 2.24) is 0 Å². The summed E-state index contributed by atoms with van der Waals surface area (Å²) in [5.74, 6) is 4.38. The number of benzene rings is 1. The van der Waals surface area contributed by atoms with Crippen molar-refractivity contribution in [2.45, 2.75) is 24.2 Å². The maximum Gasteiger partial charge on any atom is 0.118 e. The fourth-order valence-electron chi connectivity index (χ4n) is 2.02. The SMILES string of the molecule is COc1ccc(CCC(O)C2CSCCS2)cc1. The fourth-order valence-corrected chi connectivity index (χ4v) is 4.83. The summed E-state index contributed by atoms with van der Waals surface area (Å²) < 4.78 is 5.13. The number of thioether (sulfide) groups is 2. The van der Waals surface area contributed by atoms with Crippen molar-refractivity contribution in [3.8, 4) is 5.75 Å². The Hall–Kier alpha value is -0.320. The summed E-state index contributed by atoms with van der Waals surface area (Å²) in [6.45, 7) is 0. The molecule has 2 nitrogen and oxygen atoms in total. The normalized spacial score (nSPS) is 21.6. The van der Waals surface area contributed by atoms with Gasteiger partial charge in [0.25, 0.3) is 0 Å². The molecule has 0 amide bonds. The number of hydrogen-bond acceptors (Lipinski definition) is 4. The van der Waals surface area contributed by atoms with Crippen LogP contribution in [0.4, 0.5) is 0 Å². The van der Waals surface area contributed by atoms with Crippen molar-refractivity contribution >= 4 is 23.5 Å². The van der Waals surface area contributed by atoms with Crippen molar-refractivity contribution in [1.29, 1.82) is 0 Å². The molecule has 100 valence electrons. The highest BCUT2D eigenvalue weighted by molar-refractivity contribution is 8.06. The highest BCUT2D eigenvalue weighted by Gasteiger charge is 2.22. The van der Waals surface area contributed by atoms with Gasteiger partial charge in [0.15, 0.2) is 0 Å². The van der Waals surface area contributed by atoms with Crippen LogP contribution in [0, 0.1) is 0 Å². The summed E-state index contributed by atoms with van der Waals surface area (Å²) in [4.78, 5) is 0. The van der Waals surface area contributed by atoms with E-state index >= 15 is 0 Å². The summed E-state index contributed by atoms with van der Waals surface area (Å²) in [6, 6.07) is 8.11. The zero-order chi connectivity index (χ0) is 12.8. The summed E-state index contributed by atoms with van der Waals surface area (Å²) in [5, 5.41) is 10.6. The van der Waals surface area contributed by atoms with Crippen LogP contribution >= 0.6 is 23.5 Å². The van der Waals surface area contributed by atoms with E-state index in [1.807, 2.05) is 35.7 Å². The Morgan fingerprint density at radius 3 is 2.72 bits per heavy atom. The highest BCUT2D eigenvalue weighted by Crippen LogP contribution is 2.28. The van der Waals surface area contributed by atoms with Crippen molar-refractivity contribution < 1.29 is 9.84 Å². The number of aliphatic hydroxyl groups is 1. The maximum atomic E-state index is 10.2. The van der Waals surface area contributed by atoms with E-state index in [0.717, 1.165) is 24.3 Å². The number of aliphatic hydroxyl groups excluding tert-OH is 1. The number of aryl methyl sites for hydroxylation is 1. The predicted molar refractivity (Wildman–Crippen MR) is 80.9 cm³/mol. The number of rotatable bonds is 5. The van der Waals surface area contributed by atoms with E-state index in [1.165, 1.54) is 17.1 Å². The van der Waals surface area contributed by atoms with Crippen LogP contribution in [0.25, 0.3) is 0 Å². The maximum absolute atomic E-state index is 10.2. The molecule has 0 bridgehead atoms. The molecule has 2 atom stereocenters. The molecule has 0 radical (unpaired) electrons. The number of ether oxygens (including phenoxy) is 1. The molecule has 4 heteroatoms. The molecule has 1 aromatic rings. The molecule has 1 aliphatic heterocycles. The minimum atomic E-state index is -0.176. The van der Waals surface area contributed by atoms with E-state index in [9.17, 15) is 5.11 Å². The molecule has 1 heterocycles. The summed E-state index contributed by atoms with van der Waals surface area (Å²) in [5.41, 5.74) is 1.27. The van der Waals surface area contributed by atoms with Gasteiger partial charge in [-0.3, -0.25) is 0 Å². The Balaban J connectivity index is 1.78. The van der Waals surface area contributed by atoms with Gasteiger partial charge in [0.05, 0.1) is 13.2 Å². The Bertz CT molecular complexity index is 347. The van der Waals surface area contributed by atoms with Crippen LogP contribution in [-0.4, -0.2) is 40.8 Å². The van der Waals surface area contributed by atoms with Gasteiger partial charge in [-0.2, -0.15) is 23.5 Å². The Labute approximate surface area is 117 Å². The second kappa shape index (κ2) is 7.31. The average molecular weight is 284 g/mol. The van der Waals surface area contributed by atoms with Gasteiger partial charge in [-0.15, -0.1) is 0 Å². The molecule has 0 aliphatic carbocycles. The zero-order valence-electron chi connectivity index (χ0n) is 10.7. The molecule has 2 rings (SSSR count). The Morgan fingerprint density at radius 1 is 1.33 bits per heavy atom. The van der Waals surface area contributed by atoms with E-state index in [1.54, 1.807) is 7.11 Å². The first-order chi connectivity index (χ1) is 8.79. The van der Waals surface area contributed by atoms with E-state index in [4.69, 9.17) is 4.74 Å². The number of hydrogen-bond donors (Lipinski definition) is 1. The van der Waals surface area contributed by atoms with Crippen LogP contribution in [0.1, 0.15) is 12.0 Å². The molecule has 1 N–H and O–H groups in total. The van der Waals surface area contributed by atoms with Gasteiger partial charge in [0, 0.05) is 22.5 Å². The van der Waals surface area contributed by atoms with E-state index in [2.05, 4.69) is 12.1 Å². The molecule has 18 heavy (non-hydrogen) atoms. The molecule has 0 saturated carbocycles. The van der Waals surface area contributed by atoms with E-state index in [0.29, 0.717) is 5.25 Å². The Kier molecular flexibility index (Phi) is 5.73. The van der Waals surface area contributed by atoms with Gasteiger partial charge >= 0.3 is 0 Å².